The molecule has 2 nitrogen and oxygen atoms in total. The maximum Gasteiger partial charge on any atom is 0.119 e. The van der Waals surface area contributed by atoms with Gasteiger partial charge in [0, 0.05) is 4.47 Å². The van der Waals surface area contributed by atoms with Gasteiger partial charge in [0.1, 0.15) is 5.75 Å². The van der Waals surface area contributed by atoms with Crippen molar-refractivity contribution in [3.63, 3.8) is 0 Å². The molecule has 21 heavy (non-hydrogen) atoms. The van der Waals surface area contributed by atoms with Gasteiger partial charge in [-0.2, -0.15) is 0 Å². The van der Waals surface area contributed by atoms with E-state index in [0.717, 1.165) is 33.8 Å². The summed E-state index contributed by atoms with van der Waals surface area (Å²) in [5.74, 6) is 0.860. The first kappa shape index (κ1) is 16.3. The fourth-order valence-corrected chi connectivity index (χ4v) is 2.67. The average Bonchev–Trinajstić information content (AvgIpc) is 2.51. The molecule has 1 atom stereocenters. The SMILES string of the molecule is CCCNC(c1cccc(OC)c1)c1ccc(Br)c(Cl)c1. The second kappa shape index (κ2) is 7.83. The number of ether oxygens (including phenoxy) is 1. The van der Waals surface area contributed by atoms with E-state index in [4.69, 9.17) is 16.3 Å². The van der Waals surface area contributed by atoms with Crippen LogP contribution in [0.25, 0.3) is 0 Å². The molecule has 0 aliphatic heterocycles. The van der Waals surface area contributed by atoms with Gasteiger partial charge in [-0.1, -0.05) is 36.7 Å². The highest BCUT2D eigenvalue weighted by Crippen LogP contribution is 2.30. The number of hydrogen-bond donors (Lipinski definition) is 1. The third-order valence-electron chi connectivity index (χ3n) is 3.30. The number of benzene rings is 2. The van der Waals surface area contributed by atoms with Crippen LogP contribution in [0.5, 0.6) is 5.75 Å². The zero-order valence-corrected chi connectivity index (χ0v) is 14.5. The van der Waals surface area contributed by atoms with Crippen molar-refractivity contribution in [3.8, 4) is 5.75 Å². The maximum atomic E-state index is 6.24. The fraction of sp³-hybridized carbons (Fsp3) is 0.294. The van der Waals surface area contributed by atoms with E-state index in [0.29, 0.717) is 0 Å². The van der Waals surface area contributed by atoms with Crippen molar-refractivity contribution in [2.75, 3.05) is 13.7 Å². The molecule has 0 heterocycles. The van der Waals surface area contributed by atoms with E-state index in [1.54, 1.807) is 7.11 Å². The van der Waals surface area contributed by atoms with Crippen molar-refractivity contribution in [3.05, 3.63) is 63.1 Å². The van der Waals surface area contributed by atoms with E-state index in [9.17, 15) is 0 Å². The standard InChI is InChI=1S/C17H19BrClNO/c1-3-9-20-17(12-5-4-6-14(10-12)21-2)13-7-8-15(18)16(19)11-13/h4-8,10-11,17,20H,3,9H2,1-2H3. The molecule has 0 saturated heterocycles. The van der Waals surface area contributed by atoms with Crippen LogP contribution in [0.1, 0.15) is 30.5 Å². The van der Waals surface area contributed by atoms with Crippen molar-refractivity contribution in [2.24, 2.45) is 0 Å². The molecule has 0 radical (unpaired) electrons. The van der Waals surface area contributed by atoms with Crippen LogP contribution in [0.3, 0.4) is 0 Å². The molecule has 4 heteroatoms. The summed E-state index contributed by atoms with van der Waals surface area (Å²) >= 11 is 9.68. The lowest BCUT2D eigenvalue weighted by molar-refractivity contribution is 0.413. The lowest BCUT2D eigenvalue weighted by Gasteiger charge is -2.20. The average molecular weight is 369 g/mol. The minimum Gasteiger partial charge on any atom is -0.497 e. The molecule has 0 fully saturated rings. The minimum absolute atomic E-state index is 0.102. The minimum atomic E-state index is 0.102. The summed E-state index contributed by atoms with van der Waals surface area (Å²) in [5.41, 5.74) is 2.31. The highest BCUT2D eigenvalue weighted by atomic mass is 79.9. The van der Waals surface area contributed by atoms with Crippen molar-refractivity contribution < 1.29 is 4.74 Å². The molecule has 112 valence electrons. The molecule has 0 aliphatic carbocycles. The molecular weight excluding hydrogens is 350 g/mol. The van der Waals surface area contributed by atoms with Gasteiger partial charge >= 0.3 is 0 Å². The number of methoxy groups -OCH3 is 1. The highest BCUT2D eigenvalue weighted by Gasteiger charge is 2.15. The third-order valence-corrected chi connectivity index (χ3v) is 4.54. The van der Waals surface area contributed by atoms with E-state index in [1.807, 2.05) is 24.3 Å². The zero-order valence-electron chi connectivity index (χ0n) is 12.2. The van der Waals surface area contributed by atoms with E-state index in [2.05, 4.69) is 46.4 Å². The summed E-state index contributed by atoms with van der Waals surface area (Å²) in [4.78, 5) is 0. The molecule has 0 saturated carbocycles. The Balaban J connectivity index is 2.38. The molecule has 0 bridgehead atoms. The van der Waals surface area contributed by atoms with Crippen LogP contribution in [-0.4, -0.2) is 13.7 Å². The predicted molar refractivity (Wildman–Crippen MR) is 92.3 cm³/mol. The quantitative estimate of drug-likeness (QED) is 0.756. The van der Waals surface area contributed by atoms with E-state index in [1.165, 1.54) is 5.56 Å². The smallest absolute Gasteiger partial charge is 0.119 e. The summed E-state index contributed by atoms with van der Waals surface area (Å²) < 4.78 is 6.24. The van der Waals surface area contributed by atoms with Crippen LogP contribution in [0, 0.1) is 0 Å². The fourth-order valence-electron chi connectivity index (χ4n) is 2.23. The van der Waals surface area contributed by atoms with Crippen LogP contribution >= 0.6 is 27.5 Å². The zero-order chi connectivity index (χ0) is 15.2. The Labute approximate surface area is 139 Å². The normalized spacial score (nSPS) is 12.2. The highest BCUT2D eigenvalue weighted by molar-refractivity contribution is 9.10. The van der Waals surface area contributed by atoms with E-state index >= 15 is 0 Å². The molecule has 1 N–H and O–H groups in total. The molecule has 1 unspecified atom stereocenters. The summed E-state index contributed by atoms with van der Waals surface area (Å²) in [6.45, 7) is 3.10. The van der Waals surface area contributed by atoms with Crippen molar-refractivity contribution in [1.82, 2.24) is 5.32 Å². The summed E-state index contributed by atoms with van der Waals surface area (Å²) in [7, 11) is 1.68. The number of nitrogens with one attached hydrogen (secondary N) is 1. The largest absolute Gasteiger partial charge is 0.497 e. The molecule has 0 amide bonds. The number of hydrogen-bond acceptors (Lipinski definition) is 2. The molecule has 2 aromatic carbocycles. The van der Waals surface area contributed by atoms with Gasteiger partial charge in [0.15, 0.2) is 0 Å². The van der Waals surface area contributed by atoms with Crippen molar-refractivity contribution in [1.29, 1.82) is 0 Å². The van der Waals surface area contributed by atoms with E-state index in [-0.39, 0.29) is 6.04 Å². The molecule has 0 spiro atoms. The van der Waals surface area contributed by atoms with Gasteiger partial charge in [-0.25, -0.2) is 0 Å². The first-order valence-electron chi connectivity index (χ1n) is 6.98. The second-order valence-electron chi connectivity index (χ2n) is 4.84. The Hall–Kier alpha value is -1.03. The van der Waals surface area contributed by atoms with Crippen LogP contribution in [0.2, 0.25) is 5.02 Å². The van der Waals surface area contributed by atoms with Gasteiger partial charge in [-0.15, -0.1) is 0 Å². The Kier molecular flexibility index (Phi) is 6.09. The first-order valence-corrected chi connectivity index (χ1v) is 8.15. The Morgan fingerprint density at radius 1 is 1.19 bits per heavy atom. The van der Waals surface area contributed by atoms with Gasteiger partial charge in [0.05, 0.1) is 18.2 Å². The molecule has 2 aromatic rings. The van der Waals surface area contributed by atoms with Gasteiger partial charge in [0.25, 0.3) is 0 Å². The van der Waals surface area contributed by atoms with Gasteiger partial charge in [-0.3, -0.25) is 0 Å². The summed E-state index contributed by atoms with van der Waals surface area (Å²) in [5, 5.41) is 4.29. The van der Waals surface area contributed by atoms with Crippen LogP contribution in [0.15, 0.2) is 46.9 Å². The van der Waals surface area contributed by atoms with Gasteiger partial charge < -0.3 is 10.1 Å². The second-order valence-corrected chi connectivity index (χ2v) is 6.10. The first-order chi connectivity index (χ1) is 10.2. The lowest BCUT2D eigenvalue weighted by atomic mass is 9.98. The van der Waals surface area contributed by atoms with E-state index < -0.39 is 0 Å². The van der Waals surface area contributed by atoms with Crippen LogP contribution in [-0.2, 0) is 0 Å². The summed E-state index contributed by atoms with van der Waals surface area (Å²) in [6, 6.07) is 14.3. The Bertz CT molecular complexity index is 603. The number of rotatable bonds is 6. The van der Waals surface area contributed by atoms with Gasteiger partial charge in [0.2, 0.25) is 0 Å². The van der Waals surface area contributed by atoms with Crippen LogP contribution < -0.4 is 10.1 Å². The van der Waals surface area contributed by atoms with Crippen molar-refractivity contribution >= 4 is 27.5 Å². The molecule has 2 rings (SSSR count). The topological polar surface area (TPSA) is 21.3 Å². The molecular formula is C17H19BrClNO. The lowest BCUT2D eigenvalue weighted by Crippen LogP contribution is -2.23. The molecule has 0 aliphatic rings. The summed E-state index contributed by atoms with van der Waals surface area (Å²) in [6.07, 6.45) is 1.07. The Morgan fingerprint density at radius 3 is 2.62 bits per heavy atom. The predicted octanol–water partition coefficient (Wildman–Crippen LogP) is 5.20. The maximum absolute atomic E-state index is 6.24. The molecule has 0 aromatic heterocycles. The van der Waals surface area contributed by atoms with Gasteiger partial charge in [-0.05, 0) is 64.3 Å². The van der Waals surface area contributed by atoms with Crippen molar-refractivity contribution in [2.45, 2.75) is 19.4 Å². The third kappa shape index (κ3) is 4.22. The monoisotopic (exact) mass is 367 g/mol. The van der Waals surface area contributed by atoms with Crippen LogP contribution in [0.4, 0.5) is 0 Å². The Morgan fingerprint density at radius 2 is 1.95 bits per heavy atom. The number of halogens is 2.